The van der Waals surface area contributed by atoms with Gasteiger partial charge >= 0.3 is 5.97 Å². The van der Waals surface area contributed by atoms with Crippen molar-refractivity contribution in [2.24, 2.45) is 0 Å². The van der Waals surface area contributed by atoms with Gasteiger partial charge in [0.1, 0.15) is 0 Å². The molecule has 0 aromatic carbocycles. The van der Waals surface area contributed by atoms with E-state index in [2.05, 4.69) is 22.0 Å². The van der Waals surface area contributed by atoms with Gasteiger partial charge in [0.05, 0.1) is 5.69 Å². The van der Waals surface area contributed by atoms with Gasteiger partial charge in [0, 0.05) is 18.7 Å². The minimum absolute atomic E-state index is 0.191. The predicted molar refractivity (Wildman–Crippen MR) is 50.2 cm³/mol. The number of fused-ring (bicyclic) bond motifs is 1. The van der Waals surface area contributed by atoms with Crippen molar-refractivity contribution < 1.29 is 9.90 Å². The SMILES string of the molecule is CCN1CCc2c(C(=O)O)n[nH]c2C1. The Balaban J connectivity index is 2.29. The van der Waals surface area contributed by atoms with E-state index in [1.54, 1.807) is 0 Å². The van der Waals surface area contributed by atoms with E-state index in [1.165, 1.54) is 0 Å². The molecule has 0 radical (unpaired) electrons. The molecule has 0 unspecified atom stereocenters. The molecule has 5 heteroatoms. The Morgan fingerprint density at radius 1 is 1.71 bits per heavy atom. The van der Waals surface area contributed by atoms with Gasteiger partial charge in [-0.3, -0.25) is 10.00 Å². The maximum atomic E-state index is 10.8. The molecular weight excluding hydrogens is 182 g/mol. The van der Waals surface area contributed by atoms with E-state index in [0.29, 0.717) is 0 Å². The molecular formula is C9H13N3O2. The summed E-state index contributed by atoms with van der Waals surface area (Å²) in [6, 6.07) is 0. The van der Waals surface area contributed by atoms with Crippen LogP contribution in [0.25, 0.3) is 0 Å². The van der Waals surface area contributed by atoms with Crippen LogP contribution in [0, 0.1) is 0 Å². The van der Waals surface area contributed by atoms with Gasteiger partial charge in [0.15, 0.2) is 5.69 Å². The van der Waals surface area contributed by atoms with Gasteiger partial charge < -0.3 is 5.11 Å². The molecule has 1 aromatic rings. The fourth-order valence-corrected chi connectivity index (χ4v) is 1.82. The summed E-state index contributed by atoms with van der Waals surface area (Å²) in [6.45, 7) is 4.79. The summed E-state index contributed by atoms with van der Waals surface area (Å²) in [6.07, 6.45) is 0.779. The third-order valence-electron chi connectivity index (χ3n) is 2.66. The number of carboxylic acid groups (broad SMARTS) is 1. The molecule has 0 saturated carbocycles. The fourth-order valence-electron chi connectivity index (χ4n) is 1.82. The molecule has 2 rings (SSSR count). The van der Waals surface area contributed by atoms with Gasteiger partial charge in [0.2, 0.25) is 0 Å². The molecule has 5 nitrogen and oxygen atoms in total. The van der Waals surface area contributed by atoms with Crippen LogP contribution >= 0.6 is 0 Å². The van der Waals surface area contributed by atoms with Crippen molar-refractivity contribution in [3.8, 4) is 0 Å². The van der Waals surface area contributed by atoms with Crippen LogP contribution in [-0.4, -0.2) is 39.3 Å². The van der Waals surface area contributed by atoms with Crippen LogP contribution in [0.15, 0.2) is 0 Å². The van der Waals surface area contributed by atoms with Crippen molar-refractivity contribution in [3.05, 3.63) is 17.0 Å². The lowest BCUT2D eigenvalue weighted by Gasteiger charge is -2.24. The number of carboxylic acids is 1. The van der Waals surface area contributed by atoms with Gasteiger partial charge in [-0.15, -0.1) is 0 Å². The highest BCUT2D eigenvalue weighted by Crippen LogP contribution is 2.19. The lowest BCUT2D eigenvalue weighted by Crippen LogP contribution is -2.30. The lowest BCUT2D eigenvalue weighted by molar-refractivity contribution is 0.0689. The van der Waals surface area contributed by atoms with Crippen molar-refractivity contribution in [2.45, 2.75) is 19.9 Å². The third kappa shape index (κ3) is 1.39. The summed E-state index contributed by atoms with van der Waals surface area (Å²) in [5, 5.41) is 15.5. The molecule has 0 aliphatic carbocycles. The molecule has 0 spiro atoms. The summed E-state index contributed by atoms with van der Waals surface area (Å²) in [5.41, 5.74) is 2.02. The topological polar surface area (TPSA) is 69.2 Å². The highest BCUT2D eigenvalue weighted by molar-refractivity contribution is 5.87. The second-order valence-electron chi connectivity index (χ2n) is 3.45. The highest BCUT2D eigenvalue weighted by atomic mass is 16.4. The monoisotopic (exact) mass is 195 g/mol. The number of aromatic carboxylic acids is 1. The van der Waals surface area contributed by atoms with Crippen molar-refractivity contribution in [3.63, 3.8) is 0 Å². The Kier molecular flexibility index (Phi) is 2.25. The Labute approximate surface area is 81.7 Å². The lowest BCUT2D eigenvalue weighted by atomic mass is 10.0. The first-order chi connectivity index (χ1) is 6.72. The molecule has 0 bridgehead atoms. The van der Waals surface area contributed by atoms with Gasteiger partial charge in [-0.2, -0.15) is 5.10 Å². The quantitative estimate of drug-likeness (QED) is 0.720. The van der Waals surface area contributed by atoms with Crippen LogP contribution in [0.3, 0.4) is 0 Å². The molecule has 0 atom stereocenters. The zero-order valence-electron chi connectivity index (χ0n) is 8.08. The van der Waals surface area contributed by atoms with E-state index in [4.69, 9.17) is 5.11 Å². The van der Waals surface area contributed by atoms with E-state index in [9.17, 15) is 4.79 Å². The maximum absolute atomic E-state index is 10.8. The number of H-pyrrole nitrogens is 1. The summed E-state index contributed by atoms with van der Waals surface area (Å²) in [4.78, 5) is 13.0. The normalized spacial score (nSPS) is 16.6. The summed E-state index contributed by atoms with van der Waals surface area (Å²) < 4.78 is 0. The number of aromatic amines is 1. The number of carbonyl (C=O) groups is 1. The molecule has 1 aromatic heterocycles. The van der Waals surface area contributed by atoms with E-state index in [0.717, 1.165) is 37.3 Å². The molecule has 1 aliphatic rings. The summed E-state index contributed by atoms with van der Waals surface area (Å²) in [7, 11) is 0. The van der Waals surface area contributed by atoms with Crippen molar-refractivity contribution in [1.29, 1.82) is 0 Å². The minimum atomic E-state index is -0.938. The second-order valence-corrected chi connectivity index (χ2v) is 3.45. The van der Waals surface area contributed by atoms with E-state index >= 15 is 0 Å². The molecule has 2 heterocycles. The number of likely N-dealkylation sites (N-methyl/N-ethyl adjacent to an activating group) is 1. The first-order valence-electron chi connectivity index (χ1n) is 4.74. The van der Waals surface area contributed by atoms with E-state index in [-0.39, 0.29) is 5.69 Å². The second kappa shape index (κ2) is 3.42. The zero-order valence-corrected chi connectivity index (χ0v) is 8.08. The number of hydrogen-bond donors (Lipinski definition) is 2. The number of aromatic nitrogens is 2. The van der Waals surface area contributed by atoms with E-state index < -0.39 is 5.97 Å². The zero-order chi connectivity index (χ0) is 10.1. The Hall–Kier alpha value is -1.36. The molecule has 2 N–H and O–H groups in total. The Bertz CT molecular complexity index is 359. The molecule has 14 heavy (non-hydrogen) atoms. The summed E-state index contributed by atoms with van der Waals surface area (Å²) in [5.74, 6) is -0.938. The number of hydrogen-bond acceptors (Lipinski definition) is 3. The van der Waals surface area contributed by atoms with Crippen LogP contribution in [0.4, 0.5) is 0 Å². The van der Waals surface area contributed by atoms with Crippen LogP contribution in [0.2, 0.25) is 0 Å². The van der Waals surface area contributed by atoms with Gasteiger partial charge in [0.25, 0.3) is 0 Å². The number of nitrogens with zero attached hydrogens (tertiary/aromatic N) is 2. The molecule has 0 saturated heterocycles. The average molecular weight is 195 g/mol. The van der Waals surface area contributed by atoms with Gasteiger partial charge in [-0.25, -0.2) is 4.79 Å². The maximum Gasteiger partial charge on any atom is 0.356 e. The minimum Gasteiger partial charge on any atom is -0.476 e. The molecule has 76 valence electrons. The first-order valence-corrected chi connectivity index (χ1v) is 4.74. The smallest absolute Gasteiger partial charge is 0.356 e. The standard InChI is InChI=1S/C9H13N3O2/c1-2-12-4-3-6-7(5-12)10-11-8(6)9(13)14/h2-5H2,1H3,(H,10,11)(H,13,14). The molecule has 0 fully saturated rings. The van der Waals surface area contributed by atoms with Gasteiger partial charge in [-0.05, 0) is 13.0 Å². The van der Waals surface area contributed by atoms with Crippen molar-refractivity contribution in [1.82, 2.24) is 15.1 Å². The van der Waals surface area contributed by atoms with Crippen LogP contribution < -0.4 is 0 Å². The molecule has 0 amide bonds. The van der Waals surface area contributed by atoms with Crippen LogP contribution in [0.5, 0.6) is 0 Å². The number of rotatable bonds is 2. The van der Waals surface area contributed by atoms with Crippen molar-refractivity contribution in [2.75, 3.05) is 13.1 Å². The Morgan fingerprint density at radius 3 is 3.14 bits per heavy atom. The molecule has 1 aliphatic heterocycles. The van der Waals surface area contributed by atoms with Crippen LogP contribution in [0.1, 0.15) is 28.7 Å². The van der Waals surface area contributed by atoms with Gasteiger partial charge in [-0.1, -0.05) is 6.92 Å². The fraction of sp³-hybridized carbons (Fsp3) is 0.556. The van der Waals surface area contributed by atoms with Crippen molar-refractivity contribution >= 4 is 5.97 Å². The highest BCUT2D eigenvalue weighted by Gasteiger charge is 2.23. The first kappa shape index (κ1) is 9.21. The largest absolute Gasteiger partial charge is 0.476 e. The predicted octanol–water partition coefficient (Wildman–Crippen LogP) is 0.486. The Morgan fingerprint density at radius 2 is 2.50 bits per heavy atom. The average Bonchev–Trinajstić information content (AvgIpc) is 2.59. The number of nitrogens with one attached hydrogen (secondary N) is 1. The third-order valence-corrected chi connectivity index (χ3v) is 2.66. The van der Waals surface area contributed by atoms with E-state index in [1.807, 2.05) is 0 Å². The van der Waals surface area contributed by atoms with Crippen LogP contribution in [-0.2, 0) is 13.0 Å². The summed E-state index contributed by atoms with van der Waals surface area (Å²) >= 11 is 0.